The molecule has 5 nitrogen and oxygen atoms in total. The summed E-state index contributed by atoms with van der Waals surface area (Å²) < 4.78 is 0. The molecule has 0 atom stereocenters. The lowest BCUT2D eigenvalue weighted by molar-refractivity contribution is -0.105. The monoisotopic (exact) mass is 320 g/mol. The molecule has 1 amide bonds. The minimum Gasteiger partial charge on any atom is -0.505 e. The fourth-order valence-corrected chi connectivity index (χ4v) is 2.55. The van der Waals surface area contributed by atoms with Gasteiger partial charge in [-0.25, -0.2) is 0 Å². The van der Waals surface area contributed by atoms with Crippen molar-refractivity contribution >= 4 is 17.8 Å². The SMILES string of the molecule is CCCCCCCCC/C(=N\OC)c1cccc(NC=O)c1O. The fourth-order valence-electron chi connectivity index (χ4n) is 2.55. The van der Waals surface area contributed by atoms with Gasteiger partial charge in [0.05, 0.1) is 11.4 Å². The van der Waals surface area contributed by atoms with Crippen LogP contribution in [0.5, 0.6) is 5.75 Å². The lowest BCUT2D eigenvalue weighted by Crippen LogP contribution is -2.04. The number of carbonyl (C=O) groups excluding carboxylic acids is 1. The number of phenols is 1. The van der Waals surface area contributed by atoms with E-state index in [-0.39, 0.29) is 5.75 Å². The largest absolute Gasteiger partial charge is 0.505 e. The molecule has 0 saturated carbocycles. The Labute approximate surface area is 138 Å². The molecule has 0 aromatic heterocycles. The van der Waals surface area contributed by atoms with E-state index in [0.29, 0.717) is 23.4 Å². The summed E-state index contributed by atoms with van der Waals surface area (Å²) in [5, 5.41) is 16.8. The molecule has 0 bridgehead atoms. The van der Waals surface area contributed by atoms with Crippen LogP contribution in [0, 0.1) is 0 Å². The van der Waals surface area contributed by atoms with Crippen molar-refractivity contribution in [2.45, 2.75) is 58.3 Å². The van der Waals surface area contributed by atoms with Crippen LogP contribution in [0.4, 0.5) is 5.69 Å². The predicted molar refractivity (Wildman–Crippen MR) is 93.9 cm³/mol. The molecule has 1 aromatic carbocycles. The van der Waals surface area contributed by atoms with Crippen LogP contribution in [0.3, 0.4) is 0 Å². The highest BCUT2D eigenvalue weighted by molar-refractivity contribution is 6.04. The molecule has 1 aromatic rings. The second kappa shape index (κ2) is 11.5. The predicted octanol–water partition coefficient (Wildman–Crippen LogP) is 4.45. The molecule has 0 radical (unpaired) electrons. The molecule has 1 rings (SSSR count). The van der Waals surface area contributed by atoms with Gasteiger partial charge in [0.1, 0.15) is 12.9 Å². The van der Waals surface area contributed by atoms with Crippen LogP contribution in [0.25, 0.3) is 0 Å². The number of aromatic hydroxyl groups is 1. The van der Waals surface area contributed by atoms with Crippen LogP contribution in [0.2, 0.25) is 0 Å². The molecule has 0 heterocycles. The second-order valence-corrected chi connectivity index (χ2v) is 5.56. The van der Waals surface area contributed by atoms with Crippen molar-refractivity contribution in [3.63, 3.8) is 0 Å². The Morgan fingerprint density at radius 2 is 1.91 bits per heavy atom. The lowest BCUT2D eigenvalue weighted by atomic mass is 10.0. The van der Waals surface area contributed by atoms with E-state index in [0.717, 1.165) is 19.3 Å². The first-order valence-corrected chi connectivity index (χ1v) is 8.37. The van der Waals surface area contributed by atoms with Crippen LogP contribution >= 0.6 is 0 Å². The highest BCUT2D eigenvalue weighted by Gasteiger charge is 2.13. The molecule has 0 unspecified atom stereocenters. The Balaban J connectivity index is 2.60. The number of benzene rings is 1. The van der Waals surface area contributed by atoms with E-state index in [1.807, 2.05) is 0 Å². The molecule has 23 heavy (non-hydrogen) atoms. The topological polar surface area (TPSA) is 70.9 Å². The zero-order chi connectivity index (χ0) is 16.9. The molecular weight excluding hydrogens is 292 g/mol. The first kappa shape index (κ1) is 19.0. The molecule has 0 aliphatic heterocycles. The number of carbonyl (C=O) groups is 1. The number of unbranched alkanes of at least 4 members (excludes halogenated alkanes) is 6. The summed E-state index contributed by atoms with van der Waals surface area (Å²) in [6.07, 6.45) is 9.78. The van der Waals surface area contributed by atoms with E-state index in [2.05, 4.69) is 17.4 Å². The van der Waals surface area contributed by atoms with Crippen molar-refractivity contribution in [2.24, 2.45) is 5.16 Å². The van der Waals surface area contributed by atoms with Gasteiger partial charge in [0.15, 0.2) is 0 Å². The van der Waals surface area contributed by atoms with Crippen LogP contribution in [-0.4, -0.2) is 24.3 Å². The highest BCUT2D eigenvalue weighted by atomic mass is 16.6. The van der Waals surface area contributed by atoms with Gasteiger partial charge in [-0.3, -0.25) is 4.79 Å². The van der Waals surface area contributed by atoms with Gasteiger partial charge in [-0.15, -0.1) is 0 Å². The van der Waals surface area contributed by atoms with Crippen molar-refractivity contribution in [1.82, 2.24) is 0 Å². The Bertz CT molecular complexity index is 501. The number of hydrogen-bond donors (Lipinski definition) is 2. The van der Waals surface area contributed by atoms with Crippen molar-refractivity contribution in [1.29, 1.82) is 0 Å². The molecule has 0 saturated heterocycles. The maximum Gasteiger partial charge on any atom is 0.211 e. The van der Waals surface area contributed by atoms with E-state index in [1.165, 1.54) is 39.2 Å². The third-order valence-electron chi connectivity index (χ3n) is 3.78. The molecule has 0 spiro atoms. The van der Waals surface area contributed by atoms with Gasteiger partial charge >= 0.3 is 0 Å². The molecule has 0 aliphatic carbocycles. The van der Waals surface area contributed by atoms with Gasteiger partial charge in [0, 0.05) is 5.56 Å². The Kier molecular flexibility index (Phi) is 9.52. The van der Waals surface area contributed by atoms with Gasteiger partial charge in [-0.2, -0.15) is 0 Å². The summed E-state index contributed by atoms with van der Waals surface area (Å²) in [5.74, 6) is 0.0262. The summed E-state index contributed by atoms with van der Waals surface area (Å²) in [6.45, 7) is 2.22. The number of anilines is 1. The van der Waals surface area contributed by atoms with Crippen molar-refractivity contribution in [3.05, 3.63) is 23.8 Å². The number of nitrogens with one attached hydrogen (secondary N) is 1. The summed E-state index contributed by atoms with van der Waals surface area (Å²) in [5.41, 5.74) is 1.68. The molecule has 0 aliphatic rings. The van der Waals surface area contributed by atoms with E-state index in [4.69, 9.17) is 4.84 Å². The Morgan fingerprint density at radius 1 is 1.22 bits per heavy atom. The summed E-state index contributed by atoms with van der Waals surface area (Å²) in [7, 11) is 1.50. The van der Waals surface area contributed by atoms with Gasteiger partial charge in [0.25, 0.3) is 0 Å². The average Bonchev–Trinajstić information content (AvgIpc) is 2.55. The molecule has 2 N–H and O–H groups in total. The third-order valence-corrected chi connectivity index (χ3v) is 3.78. The number of amides is 1. The van der Waals surface area contributed by atoms with Crippen LogP contribution < -0.4 is 5.32 Å². The second-order valence-electron chi connectivity index (χ2n) is 5.56. The number of para-hydroxylation sites is 1. The normalized spacial score (nSPS) is 11.3. The minimum absolute atomic E-state index is 0.0262. The quantitative estimate of drug-likeness (QED) is 0.196. The van der Waals surface area contributed by atoms with Crippen molar-refractivity contribution in [3.8, 4) is 5.75 Å². The minimum atomic E-state index is 0.0262. The number of oxime groups is 1. The third kappa shape index (κ3) is 6.72. The van der Waals surface area contributed by atoms with Crippen LogP contribution in [0.1, 0.15) is 63.9 Å². The van der Waals surface area contributed by atoms with Gasteiger partial charge in [-0.1, -0.05) is 56.7 Å². The van der Waals surface area contributed by atoms with E-state index in [1.54, 1.807) is 18.2 Å². The van der Waals surface area contributed by atoms with Crippen LogP contribution in [0.15, 0.2) is 23.4 Å². The standard InChI is InChI=1S/C18H28N2O3/c1-3-4-5-6-7-8-9-12-16(20-23-2)15-11-10-13-17(18(15)22)19-14-21/h10-11,13-14,22H,3-9,12H2,1-2H3,(H,19,21)/b20-16+. The van der Waals surface area contributed by atoms with Crippen molar-refractivity contribution < 1.29 is 14.7 Å². The van der Waals surface area contributed by atoms with Gasteiger partial charge in [-0.05, 0) is 25.0 Å². The highest BCUT2D eigenvalue weighted by Crippen LogP contribution is 2.29. The zero-order valence-corrected chi connectivity index (χ0v) is 14.2. The Morgan fingerprint density at radius 3 is 2.57 bits per heavy atom. The summed E-state index contributed by atoms with van der Waals surface area (Å²) >= 11 is 0. The molecule has 0 fully saturated rings. The first-order valence-electron chi connectivity index (χ1n) is 8.37. The molecule has 128 valence electrons. The smallest absolute Gasteiger partial charge is 0.211 e. The van der Waals surface area contributed by atoms with E-state index in [9.17, 15) is 9.90 Å². The fraction of sp³-hybridized carbons (Fsp3) is 0.556. The maximum absolute atomic E-state index is 10.6. The lowest BCUT2D eigenvalue weighted by Gasteiger charge is -2.11. The maximum atomic E-state index is 10.6. The van der Waals surface area contributed by atoms with Crippen LogP contribution in [-0.2, 0) is 9.63 Å². The molecular formula is C18H28N2O3. The summed E-state index contributed by atoms with van der Waals surface area (Å²) in [6, 6.07) is 5.20. The zero-order valence-electron chi connectivity index (χ0n) is 14.2. The number of nitrogens with zero attached hydrogens (tertiary/aromatic N) is 1. The first-order chi connectivity index (χ1) is 11.2. The van der Waals surface area contributed by atoms with Gasteiger partial charge < -0.3 is 15.3 Å². The number of phenolic OH excluding ortho intramolecular Hbond substituents is 1. The number of hydrogen-bond acceptors (Lipinski definition) is 4. The van der Waals surface area contributed by atoms with E-state index < -0.39 is 0 Å². The Hall–Kier alpha value is -2.04. The summed E-state index contributed by atoms with van der Waals surface area (Å²) in [4.78, 5) is 15.5. The van der Waals surface area contributed by atoms with Gasteiger partial charge in [0.2, 0.25) is 6.41 Å². The average molecular weight is 320 g/mol. The van der Waals surface area contributed by atoms with E-state index >= 15 is 0 Å². The number of rotatable bonds is 12. The van der Waals surface area contributed by atoms with Crippen molar-refractivity contribution in [2.75, 3.05) is 12.4 Å². The molecule has 5 heteroatoms.